The van der Waals surface area contributed by atoms with Gasteiger partial charge in [-0.1, -0.05) is 43.7 Å². The van der Waals surface area contributed by atoms with Gasteiger partial charge in [-0.25, -0.2) is 0 Å². The Morgan fingerprint density at radius 2 is 1.94 bits per heavy atom. The molecule has 3 heteroatoms. The Morgan fingerprint density at radius 3 is 2.76 bits per heavy atom. The molecule has 3 saturated carbocycles. The molecule has 0 aliphatic heterocycles. The molecule has 0 spiro atoms. The van der Waals surface area contributed by atoms with Gasteiger partial charge in [0.25, 0.3) is 0 Å². The average molecular weight is 449 g/mol. The molecule has 1 N–H and O–H groups in total. The first-order valence-electron chi connectivity index (χ1n) is 13.2. The van der Waals surface area contributed by atoms with Crippen molar-refractivity contribution < 1.29 is 14.6 Å². The van der Waals surface area contributed by atoms with Crippen molar-refractivity contribution in [3.8, 4) is 5.75 Å². The van der Waals surface area contributed by atoms with Crippen LogP contribution in [-0.4, -0.2) is 23.6 Å². The van der Waals surface area contributed by atoms with E-state index < -0.39 is 0 Å². The number of hydrogen-bond acceptors (Lipinski definition) is 3. The summed E-state index contributed by atoms with van der Waals surface area (Å²) in [5.41, 5.74) is 2.87. The number of aliphatic hydroxyl groups excluding tert-OH is 1. The molecule has 0 radical (unpaired) electrons. The van der Waals surface area contributed by atoms with Crippen LogP contribution in [0.5, 0.6) is 5.75 Å². The van der Waals surface area contributed by atoms with E-state index in [1.807, 2.05) is 43.3 Å². The Kier molecular flexibility index (Phi) is 6.05. The van der Waals surface area contributed by atoms with E-state index in [4.69, 9.17) is 4.74 Å². The predicted molar refractivity (Wildman–Crippen MR) is 133 cm³/mol. The average Bonchev–Trinajstić information content (AvgIpc) is 3.16. The third kappa shape index (κ3) is 3.81. The number of para-hydroxylation sites is 1. The van der Waals surface area contributed by atoms with Gasteiger partial charge in [0.1, 0.15) is 5.75 Å². The number of carbonyl (C=O) groups excluding carboxylic acids is 1. The third-order valence-corrected chi connectivity index (χ3v) is 10.1. The first-order valence-corrected chi connectivity index (χ1v) is 13.2. The summed E-state index contributed by atoms with van der Waals surface area (Å²) in [4.78, 5) is 13.5. The number of ether oxygens (including phenoxy) is 1. The topological polar surface area (TPSA) is 46.5 Å². The van der Waals surface area contributed by atoms with Gasteiger partial charge in [-0.2, -0.15) is 0 Å². The van der Waals surface area contributed by atoms with Crippen molar-refractivity contribution in [1.29, 1.82) is 0 Å². The van der Waals surface area contributed by atoms with Crippen LogP contribution < -0.4 is 4.74 Å². The molecule has 4 aliphatic rings. The summed E-state index contributed by atoms with van der Waals surface area (Å²) in [5, 5.41) is 10.2. The molecule has 0 saturated heterocycles. The highest BCUT2D eigenvalue weighted by atomic mass is 16.5. The second-order valence-corrected chi connectivity index (χ2v) is 11.5. The van der Waals surface area contributed by atoms with Crippen molar-refractivity contribution in [3.05, 3.63) is 47.6 Å². The van der Waals surface area contributed by atoms with Gasteiger partial charge in [-0.05, 0) is 105 Å². The van der Waals surface area contributed by atoms with Gasteiger partial charge in [-0.3, -0.25) is 4.79 Å². The summed E-state index contributed by atoms with van der Waals surface area (Å²) in [6.45, 7) is 7.50. The van der Waals surface area contributed by atoms with Gasteiger partial charge in [0, 0.05) is 11.5 Å². The highest BCUT2D eigenvalue weighted by Gasteiger charge is 2.59. The molecule has 0 aromatic heterocycles. The molecule has 1 aromatic rings. The summed E-state index contributed by atoms with van der Waals surface area (Å²) < 4.78 is 5.74. The Bertz CT molecular complexity index is 961. The predicted octanol–water partition coefficient (Wildman–Crippen LogP) is 6.61. The second kappa shape index (κ2) is 8.73. The van der Waals surface area contributed by atoms with E-state index >= 15 is 0 Å². The number of aliphatic hydroxyl groups is 1. The molecule has 3 fully saturated rings. The molecule has 0 bridgehead atoms. The summed E-state index contributed by atoms with van der Waals surface area (Å²) in [6.07, 6.45) is 14.8. The Hall–Kier alpha value is -1.87. The van der Waals surface area contributed by atoms with Crippen molar-refractivity contribution in [1.82, 2.24) is 0 Å². The fraction of sp³-hybridized carbons (Fsp3) is 0.633. The number of ketones is 1. The lowest BCUT2D eigenvalue weighted by Gasteiger charge is -2.57. The van der Waals surface area contributed by atoms with Crippen LogP contribution in [-0.2, 0) is 4.79 Å². The monoisotopic (exact) mass is 448 g/mol. The van der Waals surface area contributed by atoms with Gasteiger partial charge < -0.3 is 9.84 Å². The largest absolute Gasteiger partial charge is 0.493 e. The van der Waals surface area contributed by atoms with E-state index in [1.54, 1.807) is 0 Å². The Morgan fingerprint density at radius 1 is 1.12 bits per heavy atom. The van der Waals surface area contributed by atoms with E-state index in [0.29, 0.717) is 30.1 Å². The normalized spacial score (nSPS) is 40.0. The molecule has 5 rings (SSSR count). The first kappa shape index (κ1) is 22.9. The number of hydrogen-bond donors (Lipinski definition) is 1. The fourth-order valence-corrected chi connectivity index (χ4v) is 8.30. The molecule has 0 unspecified atom stereocenters. The maximum Gasteiger partial charge on any atom is 0.159 e. The number of allylic oxidation sites excluding steroid dienone is 2. The number of benzene rings is 1. The van der Waals surface area contributed by atoms with E-state index in [2.05, 4.69) is 19.9 Å². The van der Waals surface area contributed by atoms with Gasteiger partial charge in [-0.15, -0.1) is 0 Å². The Balaban J connectivity index is 1.35. The maximum atomic E-state index is 13.5. The maximum absolute atomic E-state index is 13.5. The van der Waals surface area contributed by atoms with Crippen molar-refractivity contribution in [2.45, 2.75) is 78.2 Å². The summed E-state index contributed by atoms with van der Waals surface area (Å²) in [5.74, 6) is 3.30. The first-order chi connectivity index (χ1) is 15.9. The highest BCUT2D eigenvalue weighted by molar-refractivity contribution is 5.96. The Labute approximate surface area is 199 Å². The van der Waals surface area contributed by atoms with Gasteiger partial charge in [0.15, 0.2) is 5.78 Å². The minimum absolute atomic E-state index is 0.109. The third-order valence-electron chi connectivity index (χ3n) is 10.1. The van der Waals surface area contributed by atoms with E-state index in [1.165, 1.54) is 18.4 Å². The lowest BCUT2D eigenvalue weighted by molar-refractivity contribution is -0.124. The lowest BCUT2D eigenvalue weighted by atomic mass is 9.47. The van der Waals surface area contributed by atoms with Crippen LogP contribution in [0.1, 0.15) is 77.7 Å². The van der Waals surface area contributed by atoms with Crippen LogP contribution in [0.3, 0.4) is 0 Å². The molecule has 7 atom stereocenters. The summed E-state index contributed by atoms with van der Waals surface area (Å²) in [7, 11) is 0. The van der Waals surface area contributed by atoms with Crippen molar-refractivity contribution >= 4 is 11.9 Å². The molecule has 178 valence electrons. The van der Waals surface area contributed by atoms with E-state index in [9.17, 15) is 9.90 Å². The van der Waals surface area contributed by atoms with Gasteiger partial charge in [0.2, 0.25) is 0 Å². The fourth-order valence-electron chi connectivity index (χ4n) is 8.30. The zero-order chi connectivity index (χ0) is 23.2. The highest BCUT2D eigenvalue weighted by Crippen LogP contribution is 2.66. The van der Waals surface area contributed by atoms with Crippen LogP contribution in [0.4, 0.5) is 0 Å². The van der Waals surface area contributed by atoms with Gasteiger partial charge >= 0.3 is 0 Å². The number of fused-ring (bicyclic) bond motifs is 5. The summed E-state index contributed by atoms with van der Waals surface area (Å²) in [6, 6.07) is 7.96. The zero-order valence-electron chi connectivity index (χ0n) is 20.6. The molecular weight excluding hydrogens is 408 g/mol. The van der Waals surface area contributed by atoms with Crippen LogP contribution >= 0.6 is 0 Å². The molecule has 1 aromatic carbocycles. The van der Waals surface area contributed by atoms with Crippen LogP contribution in [0.25, 0.3) is 6.08 Å². The quantitative estimate of drug-likeness (QED) is 0.407. The smallest absolute Gasteiger partial charge is 0.159 e. The van der Waals surface area contributed by atoms with Crippen LogP contribution in [0.15, 0.2) is 42.0 Å². The SMILES string of the molecule is CCOc1ccccc1/C=C/C(=O)[C@H]1CC[C@H]2[C@@H]3CC=C4C[C@@H](O)CC[C@]4(C)[C@H]3CC[C@]12C. The molecule has 0 amide bonds. The molecule has 33 heavy (non-hydrogen) atoms. The van der Waals surface area contributed by atoms with Gasteiger partial charge in [0.05, 0.1) is 12.7 Å². The minimum Gasteiger partial charge on any atom is -0.493 e. The van der Waals surface area contributed by atoms with Crippen LogP contribution in [0, 0.1) is 34.5 Å². The number of carbonyl (C=O) groups is 1. The lowest BCUT2D eigenvalue weighted by Crippen LogP contribution is -2.50. The molecular formula is C30H40O3. The van der Waals surface area contributed by atoms with Crippen LogP contribution in [0.2, 0.25) is 0 Å². The number of rotatable bonds is 5. The standard InChI is InChI=1S/C30H40O3/c1-4-33-28-8-6-5-7-20(28)9-14-27(32)26-13-12-24-23-11-10-21-19-22(31)15-17-29(21,2)25(23)16-18-30(24,26)3/h5-10,14,22-26,31H,4,11-13,15-19H2,1-3H3/b14-9+/t22-,23-,24-,25-,26+,29-,30-/m0/s1. The van der Waals surface area contributed by atoms with Crippen molar-refractivity contribution in [2.75, 3.05) is 6.61 Å². The molecule has 3 nitrogen and oxygen atoms in total. The zero-order valence-corrected chi connectivity index (χ0v) is 20.6. The molecule has 0 heterocycles. The van der Waals surface area contributed by atoms with Crippen molar-refractivity contribution in [2.24, 2.45) is 34.5 Å². The molecule has 4 aliphatic carbocycles. The van der Waals surface area contributed by atoms with E-state index in [0.717, 1.165) is 49.8 Å². The minimum atomic E-state index is -0.150. The van der Waals surface area contributed by atoms with E-state index in [-0.39, 0.29) is 22.9 Å². The second-order valence-electron chi connectivity index (χ2n) is 11.5. The summed E-state index contributed by atoms with van der Waals surface area (Å²) >= 11 is 0. The van der Waals surface area contributed by atoms with Crippen molar-refractivity contribution in [3.63, 3.8) is 0 Å².